The van der Waals surface area contributed by atoms with E-state index in [-0.39, 0.29) is 6.10 Å². The van der Waals surface area contributed by atoms with Gasteiger partial charge in [-0.3, -0.25) is 0 Å². The highest BCUT2D eigenvalue weighted by molar-refractivity contribution is 5.31. The molecule has 3 nitrogen and oxygen atoms in total. The Morgan fingerprint density at radius 1 is 1.22 bits per heavy atom. The summed E-state index contributed by atoms with van der Waals surface area (Å²) < 4.78 is 11.3. The third-order valence-electron chi connectivity index (χ3n) is 3.03. The van der Waals surface area contributed by atoms with Crippen LogP contribution in [-0.2, 0) is 0 Å². The van der Waals surface area contributed by atoms with Gasteiger partial charge in [0.05, 0.1) is 12.7 Å². The smallest absolute Gasteiger partial charge is 0.119 e. The lowest BCUT2D eigenvalue weighted by atomic mass is 10.2. The molecule has 1 aliphatic carbocycles. The fourth-order valence-electron chi connectivity index (χ4n) is 1.85. The van der Waals surface area contributed by atoms with Gasteiger partial charge >= 0.3 is 0 Å². The van der Waals surface area contributed by atoms with E-state index in [1.54, 1.807) is 0 Å². The molecule has 1 atom stereocenters. The van der Waals surface area contributed by atoms with Gasteiger partial charge in [-0.15, -0.1) is 0 Å². The molecule has 0 amide bonds. The van der Waals surface area contributed by atoms with E-state index in [1.165, 1.54) is 12.8 Å². The third kappa shape index (κ3) is 4.57. The third-order valence-corrected chi connectivity index (χ3v) is 3.03. The van der Waals surface area contributed by atoms with Crippen LogP contribution in [0.2, 0.25) is 0 Å². The molecule has 1 saturated carbocycles. The van der Waals surface area contributed by atoms with Gasteiger partial charge in [0.15, 0.2) is 0 Å². The van der Waals surface area contributed by atoms with E-state index in [4.69, 9.17) is 9.47 Å². The van der Waals surface area contributed by atoms with E-state index in [2.05, 4.69) is 12.2 Å². The molecule has 0 bridgehead atoms. The predicted octanol–water partition coefficient (Wildman–Crippen LogP) is 2.99. The highest BCUT2D eigenvalue weighted by Gasteiger charge is 2.20. The average molecular weight is 249 g/mol. The van der Waals surface area contributed by atoms with E-state index < -0.39 is 0 Å². The first-order valence-corrected chi connectivity index (χ1v) is 6.91. The molecule has 1 aromatic carbocycles. The summed E-state index contributed by atoms with van der Waals surface area (Å²) in [6.07, 6.45) is 3.97. The molecule has 1 aromatic rings. The van der Waals surface area contributed by atoms with Crippen LogP contribution in [0.3, 0.4) is 0 Å². The summed E-state index contributed by atoms with van der Waals surface area (Å²) in [6.45, 7) is 5.84. The molecule has 0 heterocycles. The molecule has 0 radical (unpaired) electrons. The van der Waals surface area contributed by atoms with Crippen LogP contribution in [0.15, 0.2) is 24.3 Å². The van der Waals surface area contributed by atoms with Crippen LogP contribution in [0.25, 0.3) is 0 Å². The Bertz CT molecular complexity index is 346. The Labute approximate surface area is 109 Å². The summed E-state index contributed by atoms with van der Waals surface area (Å²) in [6, 6.07) is 8.62. The molecule has 0 saturated heterocycles. The number of ether oxygens (including phenoxy) is 2. The zero-order chi connectivity index (χ0) is 12.8. The van der Waals surface area contributed by atoms with E-state index >= 15 is 0 Å². The molecular weight excluding hydrogens is 226 g/mol. The molecule has 1 fully saturated rings. The van der Waals surface area contributed by atoms with Gasteiger partial charge in [0.25, 0.3) is 0 Å². The molecule has 0 aromatic heterocycles. The fraction of sp³-hybridized carbons (Fsp3) is 0.600. The number of nitrogens with one attached hydrogen (secondary N) is 1. The van der Waals surface area contributed by atoms with Crippen LogP contribution < -0.4 is 14.8 Å². The topological polar surface area (TPSA) is 30.5 Å². The van der Waals surface area contributed by atoms with Crippen molar-refractivity contribution < 1.29 is 9.47 Å². The maximum Gasteiger partial charge on any atom is 0.119 e. The Kier molecular flexibility index (Phi) is 4.88. The zero-order valence-corrected chi connectivity index (χ0v) is 11.3. The summed E-state index contributed by atoms with van der Waals surface area (Å²) in [4.78, 5) is 0. The molecule has 1 unspecified atom stereocenters. The summed E-state index contributed by atoms with van der Waals surface area (Å²) in [5.41, 5.74) is 0. The van der Waals surface area contributed by atoms with E-state index in [0.29, 0.717) is 6.61 Å². The van der Waals surface area contributed by atoms with E-state index in [9.17, 15) is 0 Å². The maximum absolute atomic E-state index is 5.85. The largest absolute Gasteiger partial charge is 0.494 e. The van der Waals surface area contributed by atoms with Gasteiger partial charge < -0.3 is 14.8 Å². The second kappa shape index (κ2) is 6.64. The number of hydrogen-bond acceptors (Lipinski definition) is 3. The second-order valence-corrected chi connectivity index (χ2v) is 4.85. The van der Waals surface area contributed by atoms with Crippen molar-refractivity contribution in [3.63, 3.8) is 0 Å². The standard InChI is InChI=1S/C15H23NO2/c1-3-17-14-6-8-15(9-7-14)18-12(2)10-11-16-13-4-5-13/h6-9,12-13,16H,3-5,10-11H2,1-2H3. The highest BCUT2D eigenvalue weighted by atomic mass is 16.5. The normalized spacial score (nSPS) is 16.3. The van der Waals surface area contributed by atoms with Crippen LogP contribution in [-0.4, -0.2) is 25.3 Å². The van der Waals surface area contributed by atoms with Crippen molar-refractivity contribution >= 4 is 0 Å². The monoisotopic (exact) mass is 249 g/mol. The van der Waals surface area contributed by atoms with Gasteiger partial charge in [-0.1, -0.05) is 0 Å². The molecule has 1 N–H and O–H groups in total. The fourth-order valence-corrected chi connectivity index (χ4v) is 1.85. The van der Waals surface area contributed by atoms with Gasteiger partial charge in [-0.05, 0) is 63.9 Å². The van der Waals surface area contributed by atoms with E-state index in [0.717, 1.165) is 30.5 Å². The Morgan fingerprint density at radius 3 is 2.50 bits per heavy atom. The second-order valence-electron chi connectivity index (χ2n) is 4.85. The predicted molar refractivity (Wildman–Crippen MR) is 73.3 cm³/mol. The molecular formula is C15H23NO2. The Morgan fingerprint density at radius 2 is 1.89 bits per heavy atom. The van der Waals surface area contributed by atoms with Crippen molar-refractivity contribution in [1.29, 1.82) is 0 Å². The van der Waals surface area contributed by atoms with Crippen molar-refractivity contribution in [3.05, 3.63) is 24.3 Å². The first-order chi connectivity index (χ1) is 8.78. The quantitative estimate of drug-likeness (QED) is 0.768. The summed E-state index contributed by atoms with van der Waals surface area (Å²) >= 11 is 0. The zero-order valence-electron chi connectivity index (χ0n) is 11.3. The minimum Gasteiger partial charge on any atom is -0.494 e. The Balaban J connectivity index is 1.69. The summed E-state index contributed by atoms with van der Waals surface area (Å²) in [7, 11) is 0. The van der Waals surface area contributed by atoms with Gasteiger partial charge in [-0.2, -0.15) is 0 Å². The summed E-state index contributed by atoms with van der Waals surface area (Å²) in [5.74, 6) is 1.81. The molecule has 1 aliphatic rings. The van der Waals surface area contributed by atoms with Crippen molar-refractivity contribution in [1.82, 2.24) is 5.32 Å². The van der Waals surface area contributed by atoms with Crippen LogP contribution in [0, 0.1) is 0 Å². The molecule has 0 aliphatic heterocycles. The van der Waals surface area contributed by atoms with Crippen molar-refractivity contribution in [2.75, 3.05) is 13.2 Å². The molecule has 18 heavy (non-hydrogen) atoms. The highest BCUT2D eigenvalue weighted by Crippen LogP contribution is 2.20. The molecule has 100 valence electrons. The van der Waals surface area contributed by atoms with Crippen LogP contribution in [0.4, 0.5) is 0 Å². The number of benzene rings is 1. The average Bonchev–Trinajstić information content (AvgIpc) is 3.16. The van der Waals surface area contributed by atoms with Crippen LogP contribution >= 0.6 is 0 Å². The van der Waals surface area contributed by atoms with Gasteiger partial charge in [0, 0.05) is 6.04 Å². The van der Waals surface area contributed by atoms with Gasteiger partial charge in [0.1, 0.15) is 11.5 Å². The number of hydrogen-bond donors (Lipinski definition) is 1. The van der Waals surface area contributed by atoms with Crippen molar-refractivity contribution in [3.8, 4) is 11.5 Å². The summed E-state index contributed by atoms with van der Waals surface area (Å²) in [5, 5.41) is 3.50. The van der Waals surface area contributed by atoms with Crippen molar-refractivity contribution in [2.24, 2.45) is 0 Å². The molecule has 2 rings (SSSR count). The van der Waals surface area contributed by atoms with Crippen LogP contribution in [0.5, 0.6) is 11.5 Å². The number of rotatable bonds is 8. The minimum absolute atomic E-state index is 0.245. The lowest BCUT2D eigenvalue weighted by Gasteiger charge is -2.15. The van der Waals surface area contributed by atoms with Gasteiger partial charge in [-0.25, -0.2) is 0 Å². The minimum atomic E-state index is 0.245. The first kappa shape index (κ1) is 13.2. The Hall–Kier alpha value is -1.22. The maximum atomic E-state index is 5.85. The molecule has 3 heteroatoms. The SMILES string of the molecule is CCOc1ccc(OC(C)CCNC2CC2)cc1. The lowest BCUT2D eigenvalue weighted by molar-refractivity contribution is 0.209. The van der Waals surface area contributed by atoms with E-state index in [1.807, 2.05) is 31.2 Å². The first-order valence-electron chi connectivity index (χ1n) is 6.91. The van der Waals surface area contributed by atoms with Gasteiger partial charge in [0.2, 0.25) is 0 Å². The molecule has 0 spiro atoms. The van der Waals surface area contributed by atoms with Crippen molar-refractivity contribution in [2.45, 2.75) is 45.3 Å². The lowest BCUT2D eigenvalue weighted by Crippen LogP contribution is -2.23. The van der Waals surface area contributed by atoms with Crippen LogP contribution in [0.1, 0.15) is 33.1 Å².